The Bertz CT molecular complexity index is 731. The van der Waals surface area contributed by atoms with Gasteiger partial charge in [0, 0.05) is 11.8 Å². The zero-order valence-corrected chi connectivity index (χ0v) is 12.2. The maximum absolute atomic E-state index is 4.52. The Labute approximate surface area is 120 Å². The third-order valence-corrected chi connectivity index (χ3v) is 3.65. The SMILES string of the molecule is CC(C)(C)c1cccc2cccc(-c3ccccn3)c12. The molecule has 100 valence electrons. The van der Waals surface area contributed by atoms with Gasteiger partial charge in [-0.3, -0.25) is 4.98 Å². The van der Waals surface area contributed by atoms with Gasteiger partial charge in [-0.15, -0.1) is 0 Å². The average molecular weight is 261 g/mol. The van der Waals surface area contributed by atoms with Crippen molar-refractivity contribution in [2.24, 2.45) is 0 Å². The molecule has 1 heteroatoms. The summed E-state index contributed by atoms with van der Waals surface area (Å²) in [4.78, 5) is 4.52. The molecule has 0 aliphatic carbocycles. The summed E-state index contributed by atoms with van der Waals surface area (Å²) >= 11 is 0. The van der Waals surface area contributed by atoms with E-state index in [-0.39, 0.29) is 5.41 Å². The van der Waals surface area contributed by atoms with Gasteiger partial charge in [0.15, 0.2) is 0 Å². The smallest absolute Gasteiger partial charge is 0.0708 e. The van der Waals surface area contributed by atoms with Crippen molar-refractivity contribution in [1.29, 1.82) is 0 Å². The molecule has 0 fully saturated rings. The van der Waals surface area contributed by atoms with E-state index in [0.717, 1.165) is 5.69 Å². The summed E-state index contributed by atoms with van der Waals surface area (Å²) in [6.45, 7) is 6.78. The molecule has 1 aromatic heterocycles. The van der Waals surface area contributed by atoms with E-state index < -0.39 is 0 Å². The summed E-state index contributed by atoms with van der Waals surface area (Å²) in [6.07, 6.45) is 1.86. The van der Waals surface area contributed by atoms with E-state index in [4.69, 9.17) is 0 Å². The first-order valence-electron chi connectivity index (χ1n) is 7.01. The zero-order valence-electron chi connectivity index (χ0n) is 12.2. The van der Waals surface area contributed by atoms with Gasteiger partial charge in [0.05, 0.1) is 5.69 Å². The van der Waals surface area contributed by atoms with Crippen molar-refractivity contribution in [3.05, 3.63) is 66.4 Å². The minimum Gasteiger partial charge on any atom is -0.256 e. The van der Waals surface area contributed by atoms with Crippen LogP contribution >= 0.6 is 0 Å². The summed E-state index contributed by atoms with van der Waals surface area (Å²) < 4.78 is 0. The minimum absolute atomic E-state index is 0.115. The van der Waals surface area contributed by atoms with Gasteiger partial charge in [-0.1, -0.05) is 63.2 Å². The van der Waals surface area contributed by atoms with Crippen LogP contribution in [0.15, 0.2) is 60.8 Å². The molecular weight excluding hydrogens is 242 g/mol. The zero-order chi connectivity index (χ0) is 14.2. The third-order valence-electron chi connectivity index (χ3n) is 3.65. The highest BCUT2D eigenvalue weighted by molar-refractivity contribution is 5.98. The van der Waals surface area contributed by atoms with E-state index in [0.29, 0.717) is 0 Å². The van der Waals surface area contributed by atoms with Crippen molar-refractivity contribution >= 4 is 10.8 Å². The third kappa shape index (κ3) is 2.20. The molecule has 1 heterocycles. The number of fused-ring (bicyclic) bond motifs is 1. The first-order chi connectivity index (χ1) is 9.57. The van der Waals surface area contributed by atoms with Crippen molar-refractivity contribution in [1.82, 2.24) is 4.98 Å². The van der Waals surface area contributed by atoms with Crippen LogP contribution in [0.4, 0.5) is 0 Å². The molecule has 0 saturated carbocycles. The molecule has 0 spiro atoms. The molecule has 20 heavy (non-hydrogen) atoms. The van der Waals surface area contributed by atoms with Gasteiger partial charge in [-0.2, -0.15) is 0 Å². The van der Waals surface area contributed by atoms with E-state index in [2.05, 4.69) is 68.2 Å². The molecule has 0 amide bonds. The Balaban J connectivity index is 2.39. The molecule has 0 atom stereocenters. The maximum Gasteiger partial charge on any atom is 0.0708 e. The molecule has 3 rings (SSSR count). The number of benzene rings is 2. The number of rotatable bonds is 1. The van der Waals surface area contributed by atoms with E-state index >= 15 is 0 Å². The summed E-state index contributed by atoms with van der Waals surface area (Å²) in [5.74, 6) is 0. The second-order valence-corrected chi connectivity index (χ2v) is 6.17. The quantitative estimate of drug-likeness (QED) is 0.586. The van der Waals surface area contributed by atoms with Gasteiger partial charge in [0.2, 0.25) is 0 Å². The molecule has 0 unspecified atom stereocenters. The second-order valence-electron chi connectivity index (χ2n) is 6.17. The first kappa shape index (κ1) is 12.9. The molecule has 0 bridgehead atoms. The number of hydrogen-bond donors (Lipinski definition) is 0. The van der Waals surface area contributed by atoms with E-state index in [1.54, 1.807) is 0 Å². The molecule has 0 aliphatic heterocycles. The summed E-state index contributed by atoms with van der Waals surface area (Å²) in [5.41, 5.74) is 3.74. The largest absolute Gasteiger partial charge is 0.256 e. The van der Waals surface area contributed by atoms with Crippen molar-refractivity contribution in [2.45, 2.75) is 26.2 Å². The predicted molar refractivity (Wildman–Crippen MR) is 85.9 cm³/mol. The summed E-state index contributed by atoms with van der Waals surface area (Å²) in [7, 11) is 0. The highest BCUT2D eigenvalue weighted by atomic mass is 14.7. The highest BCUT2D eigenvalue weighted by Crippen LogP contribution is 2.35. The molecular formula is C19H19N. The van der Waals surface area contributed by atoms with Crippen LogP contribution in [0.5, 0.6) is 0 Å². The number of nitrogens with zero attached hydrogens (tertiary/aromatic N) is 1. The Morgan fingerprint density at radius 1 is 0.800 bits per heavy atom. The highest BCUT2D eigenvalue weighted by Gasteiger charge is 2.19. The lowest BCUT2D eigenvalue weighted by molar-refractivity contribution is 0.596. The van der Waals surface area contributed by atoms with Crippen LogP contribution in [0.25, 0.3) is 22.0 Å². The van der Waals surface area contributed by atoms with Crippen LogP contribution in [0.1, 0.15) is 26.3 Å². The lowest BCUT2D eigenvalue weighted by atomic mass is 9.82. The minimum atomic E-state index is 0.115. The lowest BCUT2D eigenvalue weighted by Crippen LogP contribution is -2.12. The number of aromatic nitrogens is 1. The van der Waals surface area contributed by atoms with Gasteiger partial charge >= 0.3 is 0 Å². The Kier molecular flexibility index (Phi) is 3.06. The molecule has 0 radical (unpaired) electrons. The van der Waals surface area contributed by atoms with Gasteiger partial charge in [0.1, 0.15) is 0 Å². The Hall–Kier alpha value is -2.15. The van der Waals surface area contributed by atoms with Crippen molar-refractivity contribution < 1.29 is 0 Å². The van der Waals surface area contributed by atoms with Crippen LogP contribution in [-0.2, 0) is 5.41 Å². The molecule has 1 nitrogen and oxygen atoms in total. The predicted octanol–water partition coefficient (Wildman–Crippen LogP) is 5.20. The first-order valence-corrected chi connectivity index (χ1v) is 7.01. The topological polar surface area (TPSA) is 12.9 Å². The fraction of sp³-hybridized carbons (Fsp3) is 0.211. The fourth-order valence-corrected chi connectivity index (χ4v) is 2.70. The van der Waals surface area contributed by atoms with Crippen molar-refractivity contribution in [3.63, 3.8) is 0 Å². The van der Waals surface area contributed by atoms with Crippen molar-refractivity contribution in [2.75, 3.05) is 0 Å². The average Bonchev–Trinajstić information content (AvgIpc) is 2.46. The van der Waals surface area contributed by atoms with Crippen LogP contribution in [0, 0.1) is 0 Å². The fourth-order valence-electron chi connectivity index (χ4n) is 2.70. The molecule has 0 N–H and O–H groups in total. The van der Waals surface area contributed by atoms with Crippen LogP contribution in [0.2, 0.25) is 0 Å². The molecule has 3 aromatic rings. The van der Waals surface area contributed by atoms with Crippen LogP contribution < -0.4 is 0 Å². The summed E-state index contributed by atoms with van der Waals surface area (Å²) in [5, 5.41) is 2.60. The van der Waals surface area contributed by atoms with Gasteiger partial charge in [0.25, 0.3) is 0 Å². The monoisotopic (exact) mass is 261 g/mol. The van der Waals surface area contributed by atoms with E-state index in [9.17, 15) is 0 Å². The molecule has 0 saturated heterocycles. The van der Waals surface area contributed by atoms with Gasteiger partial charge in [-0.05, 0) is 33.9 Å². The lowest BCUT2D eigenvalue weighted by Gasteiger charge is -2.23. The summed E-state index contributed by atoms with van der Waals surface area (Å²) in [6, 6.07) is 19.1. The number of pyridine rings is 1. The van der Waals surface area contributed by atoms with Crippen LogP contribution in [0.3, 0.4) is 0 Å². The molecule has 2 aromatic carbocycles. The maximum atomic E-state index is 4.52. The van der Waals surface area contributed by atoms with E-state index in [1.165, 1.54) is 21.9 Å². The second kappa shape index (κ2) is 4.75. The van der Waals surface area contributed by atoms with Gasteiger partial charge in [-0.25, -0.2) is 0 Å². The Morgan fingerprint density at radius 3 is 2.20 bits per heavy atom. The van der Waals surface area contributed by atoms with Gasteiger partial charge < -0.3 is 0 Å². The normalized spacial score (nSPS) is 11.8. The van der Waals surface area contributed by atoms with Crippen molar-refractivity contribution in [3.8, 4) is 11.3 Å². The Morgan fingerprint density at radius 2 is 1.55 bits per heavy atom. The number of hydrogen-bond acceptors (Lipinski definition) is 1. The van der Waals surface area contributed by atoms with E-state index in [1.807, 2.05) is 18.3 Å². The standard InChI is InChI=1S/C19H19N/c1-19(2,3)16-11-7-9-14-8-6-10-15(18(14)16)17-12-4-5-13-20-17/h4-13H,1-3H3. The molecule has 0 aliphatic rings. The van der Waals surface area contributed by atoms with Crippen LogP contribution in [-0.4, -0.2) is 4.98 Å².